The van der Waals surface area contributed by atoms with Crippen LogP contribution in [0.4, 0.5) is 0 Å². The van der Waals surface area contributed by atoms with Gasteiger partial charge >= 0.3 is 5.69 Å². The summed E-state index contributed by atoms with van der Waals surface area (Å²) in [4.78, 5) is 24.3. The summed E-state index contributed by atoms with van der Waals surface area (Å²) in [7, 11) is 1.75. The summed E-state index contributed by atoms with van der Waals surface area (Å²) in [6.45, 7) is 0.986. The number of fused-ring (bicyclic) bond motifs is 1. The van der Waals surface area contributed by atoms with Crippen LogP contribution in [0.25, 0.3) is 11.0 Å². The average molecular weight is 359 g/mol. The summed E-state index contributed by atoms with van der Waals surface area (Å²) in [5.74, 6) is 2.51. The number of rotatable bonds is 8. The standard InChI is InChI=1S/C18H21N3O3S/c1-20-15-6-2-3-7-16(15)21(18(20)23)10-8-17(22)19-9-12-25-13-14-5-4-11-24-14/h2-7,11H,8-10,12-13H2,1H3,(H,19,22). The van der Waals surface area contributed by atoms with Crippen LogP contribution < -0.4 is 11.0 Å². The summed E-state index contributed by atoms with van der Waals surface area (Å²) in [6, 6.07) is 11.4. The Morgan fingerprint density at radius 1 is 1.20 bits per heavy atom. The Labute approximate surface area is 149 Å². The highest BCUT2D eigenvalue weighted by Gasteiger charge is 2.11. The van der Waals surface area contributed by atoms with Crippen LogP contribution in [0, 0.1) is 0 Å². The highest BCUT2D eigenvalue weighted by Crippen LogP contribution is 2.12. The molecule has 2 aromatic heterocycles. The molecule has 3 aromatic rings. The number of aromatic nitrogens is 2. The van der Waals surface area contributed by atoms with Gasteiger partial charge in [0.25, 0.3) is 0 Å². The van der Waals surface area contributed by atoms with Gasteiger partial charge in [0.1, 0.15) is 5.76 Å². The van der Waals surface area contributed by atoms with Crippen LogP contribution in [-0.4, -0.2) is 27.3 Å². The van der Waals surface area contributed by atoms with E-state index in [0.29, 0.717) is 13.1 Å². The minimum atomic E-state index is -0.0944. The van der Waals surface area contributed by atoms with Gasteiger partial charge in [0.2, 0.25) is 5.91 Å². The van der Waals surface area contributed by atoms with Gasteiger partial charge in [-0.05, 0) is 24.3 Å². The number of para-hydroxylation sites is 2. The quantitative estimate of drug-likeness (QED) is 0.627. The second kappa shape index (κ2) is 8.11. The molecule has 0 radical (unpaired) electrons. The third kappa shape index (κ3) is 4.17. The van der Waals surface area contributed by atoms with Crippen LogP contribution in [0.5, 0.6) is 0 Å². The van der Waals surface area contributed by atoms with Gasteiger partial charge in [-0.3, -0.25) is 13.9 Å². The lowest BCUT2D eigenvalue weighted by molar-refractivity contribution is -0.121. The first kappa shape index (κ1) is 17.4. The summed E-state index contributed by atoms with van der Waals surface area (Å²) in [5.41, 5.74) is 1.64. The minimum absolute atomic E-state index is 0.0431. The Balaban J connectivity index is 1.45. The highest BCUT2D eigenvalue weighted by molar-refractivity contribution is 7.98. The molecule has 0 fully saturated rings. The predicted octanol–water partition coefficient (Wildman–Crippen LogP) is 2.37. The molecular formula is C18H21N3O3S. The van der Waals surface area contributed by atoms with Crippen molar-refractivity contribution >= 4 is 28.7 Å². The minimum Gasteiger partial charge on any atom is -0.468 e. The molecule has 0 aliphatic heterocycles. The smallest absolute Gasteiger partial charge is 0.328 e. The number of imidazole rings is 1. The summed E-state index contributed by atoms with van der Waals surface area (Å²) in [5, 5.41) is 2.89. The molecule has 2 heterocycles. The van der Waals surface area contributed by atoms with Gasteiger partial charge in [-0.25, -0.2) is 4.79 Å². The van der Waals surface area contributed by atoms with Crippen molar-refractivity contribution in [3.05, 3.63) is 58.9 Å². The monoisotopic (exact) mass is 359 g/mol. The molecule has 7 heteroatoms. The number of amides is 1. The van der Waals surface area contributed by atoms with Crippen molar-refractivity contribution < 1.29 is 9.21 Å². The van der Waals surface area contributed by atoms with Crippen molar-refractivity contribution in [2.75, 3.05) is 12.3 Å². The van der Waals surface area contributed by atoms with Gasteiger partial charge in [-0.15, -0.1) is 0 Å². The zero-order valence-corrected chi connectivity index (χ0v) is 14.9. The molecule has 0 aliphatic carbocycles. The topological polar surface area (TPSA) is 69.2 Å². The van der Waals surface area contributed by atoms with Gasteiger partial charge in [0.15, 0.2) is 0 Å². The van der Waals surface area contributed by atoms with E-state index >= 15 is 0 Å². The lowest BCUT2D eigenvalue weighted by Gasteiger charge is -2.06. The second-order valence-corrected chi connectivity index (χ2v) is 6.82. The zero-order chi connectivity index (χ0) is 17.6. The molecule has 0 bridgehead atoms. The Morgan fingerprint density at radius 3 is 2.76 bits per heavy atom. The molecule has 0 atom stereocenters. The maximum atomic E-state index is 12.3. The van der Waals surface area contributed by atoms with E-state index in [0.717, 1.165) is 28.3 Å². The number of aryl methyl sites for hydroxylation is 2. The summed E-state index contributed by atoms with van der Waals surface area (Å²) in [6.07, 6.45) is 1.95. The molecular weight excluding hydrogens is 338 g/mol. The first-order valence-electron chi connectivity index (χ1n) is 8.18. The second-order valence-electron chi connectivity index (χ2n) is 5.71. The van der Waals surface area contributed by atoms with E-state index in [1.165, 1.54) is 0 Å². The van der Waals surface area contributed by atoms with E-state index in [9.17, 15) is 9.59 Å². The zero-order valence-electron chi connectivity index (χ0n) is 14.1. The van der Waals surface area contributed by atoms with Crippen LogP contribution in [-0.2, 0) is 24.1 Å². The van der Waals surface area contributed by atoms with Crippen molar-refractivity contribution in [1.82, 2.24) is 14.5 Å². The molecule has 3 rings (SSSR count). The summed E-state index contributed by atoms with van der Waals surface area (Å²) < 4.78 is 8.52. The molecule has 0 aliphatic rings. The molecule has 0 saturated heterocycles. The average Bonchev–Trinajstić information content (AvgIpc) is 3.22. The van der Waals surface area contributed by atoms with Gasteiger partial charge in [-0.1, -0.05) is 12.1 Å². The molecule has 25 heavy (non-hydrogen) atoms. The van der Waals surface area contributed by atoms with Crippen LogP contribution in [0.2, 0.25) is 0 Å². The number of thioether (sulfide) groups is 1. The number of hydrogen-bond donors (Lipinski definition) is 1. The first-order chi connectivity index (χ1) is 12.2. The molecule has 0 spiro atoms. The Kier molecular flexibility index (Phi) is 5.65. The first-order valence-corrected chi connectivity index (χ1v) is 9.33. The van der Waals surface area contributed by atoms with Crippen LogP contribution in [0.1, 0.15) is 12.2 Å². The Bertz CT molecular complexity index is 896. The van der Waals surface area contributed by atoms with Crippen molar-refractivity contribution in [3.63, 3.8) is 0 Å². The van der Waals surface area contributed by atoms with Crippen molar-refractivity contribution in [3.8, 4) is 0 Å². The lowest BCUT2D eigenvalue weighted by Crippen LogP contribution is -2.29. The van der Waals surface area contributed by atoms with E-state index < -0.39 is 0 Å². The number of benzene rings is 1. The van der Waals surface area contributed by atoms with Crippen LogP contribution in [0.3, 0.4) is 0 Å². The molecule has 1 N–H and O–H groups in total. The van der Waals surface area contributed by atoms with Crippen molar-refractivity contribution in [2.24, 2.45) is 7.05 Å². The Morgan fingerprint density at radius 2 is 2.00 bits per heavy atom. The van der Waals surface area contributed by atoms with E-state index in [4.69, 9.17) is 4.42 Å². The van der Waals surface area contributed by atoms with Gasteiger partial charge in [-0.2, -0.15) is 11.8 Å². The maximum absolute atomic E-state index is 12.3. The van der Waals surface area contributed by atoms with Gasteiger partial charge in [0.05, 0.1) is 23.0 Å². The molecule has 1 aromatic carbocycles. The normalized spacial score (nSPS) is 11.1. The third-order valence-electron chi connectivity index (χ3n) is 4.01. The number of nitrogens with zero attached hydrogens (tertiary/aromatic N) is 2. The number of furan rings is 1. The molecule has 1 amide bonds. The molecule has 6 nitrogen and oxygen atoms in total. The highest BCUT2D eigenvalue weighted by atomic mass is 32.2. The Hall–Kier alpha value is -2.41. The number of carbonyl (C=O) groups excluding carboxylic acids is 1. The fourth-order valence-corrected chi connectivity index (χ4v) is 3.47. The van der Waals surface area contributed by atoms with Crippen LogP contribution >= 0.6 is 11.8 Å². The van der Waals surface area contributed by atoms with Gasteiger partial charge < -0.3 is 9.73 Å². The maximum Gasteiger partial charge on any atom is 0.328 e. The number of hydrogen-bond acceptors (Lipinski definition) is 4. The largest absolute Gasteiger partial charge is 0.468 e. The molecule has 0 unspecified atom stereocenters. The van der Waals surface area contributed by atoms with Gasteiger partial charge in [0, 0.05) is 32.3 Å². The fraction of sp³-hybridized carbons (Fsp3) is 0.333. The van der Waals surface area contributed by atoms with E-state index in [-0.39, 0.29) is 18.0 Å². The van der Waals surface area contributed by atoms with E-state index in [1.807, 2.05) is 36.4 Å². The lowest BCUT2D eigenvalue weighted by atomic mass is 10.3. The van der Waals surface area contributed by atoms with E-state index in [1.54, 1.807) is 34.2 Å². The number of carbonyl (C=O) groups is 1. The SMILES string of the molecule is Cn1c(=O)n(CCC(=O)NCCSCc2ccco2)c2ccccc21. The van der Waals surface area contributed by atoms with E-state index in [2.05, 4.69) is 5.32 Å². The van der Waals surface area contributed by atoms with Crippen molar-refractivity contribution in [1.29, 1.82) is 0 Å². The molecule has 132 valence electrons. The summed E-state index contributed by atoms with van der Waals surface area (Å²) >= 11 is 1.71. The van der Waals surface area contributed by atoms with Crippen molar-refractivity contribution in [2.45, 2.75) is 18.7 Å². The molecule has 0 saturated carbocycles. The fourth-order valence-electron chi connectivity index (χ4n) is 2.71. The van der Waals surface area contributed by atoms with Crippen LogP contribution in [0.15, 0.2) is 51.9 Å². The number of nitrogens with one attached hydrogen (secondary N) is 1. The predicted molar refractivity (Wildman–Crippen MR) is 99.7 cm³/mol. The third-order valence-corrected chi connectivity index (χ3v) is 4.99.